The van der Waals surface area contributed by atoms with Crippen molar-refractivity contribution < 1.29 is 14.6 Å². The molecule has 0 aliphatic carbocycles. The van der Waals surface area contributed by atoms with Gasteiger partial charge in [0.15, 0.2) is 11.5 Å². The first-order chi connectivity index (χ1) is 10.6. The summed E-state index contributed by atoms with van der Waals surface area (Å²) in [4.78, 5) is 13.4. The number of hydrogen-bond acceptors (Lipinski definition) is 5. The molecule has 0 radical (unpaired) electrons. The summed E-state index contributed by atoms with van der Waals surface area (Å²) < 4.78 is 4.98. The summed E-state index contributed by atoms with van der Waals surface area (Å²) in [5, 5.41) is 13.4. The molecular weight excluding hydrogens is 351 g/mol. The number of benzene rings is 1. The Morgan fingerprint density at radius 2 is 2.08 bits per heavy atom. The molecule has 1 aliphatic heterocycles. The highest BCUT2D eigenvalue weighted by molar-refractivity contribution is 5.85. The lowest BCUT2D eigenvalue weighted by atomic mass is 9.99. The SMILES string of the molecule is C=CCC[C@@H](c1ccc(OC(C)=O)c(O)c1)N1CCNCC1.Cl.Cl. The Hall–Kier alpha value is -1.27. The molecule has 1 saturated heterocycles. The lowest BCUT2D eigenvalue weighted by Crippen LogP contribution is -2.45. The zero-order chi connectivity index (χ0) is 15.9. The van der Waals surface area contributed by atoms with Gasteiger partial charge >= 0.3 is 5.97 Å². The molecule has 1 fully saturated rings. The van der Waals surface area contributed by atoms with E-state index in [1.165, 1.54) is 6.92 Å². The van der Waals surface area contributed by atoms with Crippen LogP contribution in [0.4, 0.5) is 0 Å². The topological polar surface area (TPSA) is 61.8 Å². The molecule has 136 valence electrons. The number of esters is 1. The second-order valence-electron chi connectivity index (χ2n) is 5.49. The largest absolute Gasteiger partial charge is 0.504 e. The molecule has 0 amide bonds. The van der Waals surface area contributed by atoms with Crippen molar-refractivity contribution in [2.75, 3.05) is 26.2 Å². The van der Waals surface area contributed by atoms with Crippen molar-refractivity contribution in [2.24, 2.45) is 0 Å². The maximum Gasteiger partial charge on any atom is 0.308 e. The molecule has 24 heavy (non-hydrogen) atoms. The number of rotatable bonds is 6. The molecule has 0 unspecified atom stereocenters. The second-order valence-corrected chi connectivity index (χ2v) is 5.49. The van der Waals surface area contributed by atoms with Crippen LogP contribution < -0.4 is 10.1 Å². The maximum absolute atomic E-state index is 11.0. The third-order valence-corrected chi connectivity index (χ3v) is 3.86. The van der Waals surface area contributed by atoms with Crippen molar-refractivity contribution in [3.05, 3.63) is 36.4 Å². The number of halogens is 2. The van der Waals surface area contributed by atoms with Crippen LogP contribution in [0.25, 0.3) is 0 Å². The smallest absolute Gasteiger partial charge is 0.308 e. The van der Waals surface area contributed by atoms with E-state index in [0.29, 0.717) is 0 Å². The fourth-order valence-electron chi connectivity index (χ4n) is 2.81. The Bertz CT molecular complexity index is 535. The fraction of sp³-hybridized carbons (Fsp3) is 0.471. The zero-order valence-corrected chi connectivity index (χ0v) is 15.5. The summed E-state index contributed by atoms with van der Waals surface area (Å²) in [7, 11) is 0. The van der Waals surface area contributed by atoms with Gasteiger partial charge in [-0.05, 0) is 30.5 Å². The molecule has 5 nitrogen and oxygen atoms in total. The van der Waals surface area contributed by atoms with Crippen LogP contribution in [0.1, 0.15) is 31.4 Å². The molecule has 1 aromatic carbocycles. The van der Waals surface area contributed by atoms with Gasteiger partial charge in [-0.25, -0.2) is 0 Å². The predicted molar refractivity (Wildman–Crippen MR) is 101 cm³/mol. The number of nitrogens with zero attached hydrogens (tertiary/aromatic N) is 1. The van der Waals surface area contributed by atoms with E-state index < -0.39 is 5.97 Å². The minimum absolute atomic E-state index is 0. The van der Waals surface area contributed by atoms with Crippen molar-refractivity contribution in [2.45, 2.75) is 25.8 Å². The molecule has 0 spiro atoms. The van der Waals surface area contributed by atoms with E-state index in [9.17, 15) is 9.90 Å². The standard InChI is InChI=1S/C17H24N2O3.2ClH/c1-3-4-5-15(19-10-8-18-9-11-19)14-6-7-17(16(21)12-14)22-13(2)20;;/h3,6-7,12,15,18,21H,1,4-5,8-11H2,2H3;2*1H/t15-;;/m0../s1. The maximum atomic E-state index is 11.0. The monoisotopic (exact) mass is 376 g/mol. The first-order valence-electron chi connectivity index (χ1n) is 7.69. The van der Waals surface area contributed by atoms with Crippen LogP contribution in [0.3, 0.4) is 0 Å². The number of carbonyl (C=O) groups excluding carboxylic acids is 1. The third kappa shape index (κ3) is 6.32. The normalized spacial score (nSPS) is 15.5. The third-order valence-electron chi connectivity index (χ3n) is 3.86. The summed E-state index contributed by atoms with van der Waals surface area (Å²) in [6.45, 7) is 9.03. The second kappa shape index (κ2) is 11.3. The summed E-state index contributed by atoms with van der Waals surface area (Å²) in [5.74, 6) is -0.223. The summed E-state index contributed by atoms with van der Waals surface area (Å²) >= 11 is 0. The Morgan fingerprint density at radius 1 is 1.42 bits per heavy atom. The Balaban J connectivity index is 0.00000264. The first-order valence-corrected chi connectivity index (χ1v) is 7.69. The van der Waals surface area contributed by atoms with Crippen LogP contribution in [-0.2, 0) is 4.79 Å². The van der Waals surface area contributed by atoms with Gasteiger partial charge in [0.1, 0.15) is 0 Å². The number of nitrogens with one attached hydrogen (secondary N) is 1. The van der Waals surface area contributed by atoms with E-state index in [4.69, 9.17) is 4.74 Å². The number of allylic oxidation sites excluding steroid dienone is 1. The molecule has 2 rings (SSSR count). The van der Waals surface area contributed by atoms with Gasteiger partial charge in [-0.15, -0.1) is 31.4 Å². The lowest BCUT2D eigenvalue weighted by molar-refractivity contribution is -0.132. The number of phenolic OH excluding ortho intramolecular Hbond substituents is 1. The number of hydrogen-bond donors (Lipinski definition) is 2. The average Bonchev–Trinajstić information content (AvgIpc) is 2.51. The summed E-state index contributed by atoms with van der Waals surface area (Å²) in [5.41, 5.74) is 1.04. The fourth-order valence-corrected chi connectivity index (χ4v) is 2.81. The highest BCUT2D eigenvalue weighted by atomic mass is 35.5. The molecular formula is C17H26Cl2N2O3. The molecule has 1 aromatic rings. The number of phenols is 1. The van der Waals surface area contributed by atoms with Gasteiger partial charge in [0.25, 0.3) is 0 Å². The first kappa shape index (κ1) is 22.7. The molecule has 0 bridgehead atoms. The van der Waals surface area contributed by atoms with Crippen molar-refractivity contribution in [3.63, 3.8) is 0 Å². The Labute approximate surface area is 155 Å². The summed E-state index contributed by atoms with van der Waals surface area (Å²) in [6, 6.07) is 5.52. The van der Waals surface area contributed by atoms with E-state index in [1.807, 2.05) is 12.1 Å². The number of carbonyl (C=O) groups is 1. The van der Waals surface area contributed by atoms with Crippen LogP contribution in [0, 0.1) is 0 Å². The minimum Gasteiger partial charge on any atom is -0.504 e. The molecule has 1 atom stereocenters. The van der Waals surface area contributed by atoms with Gasteiger partial charge in [-0.3, -0.25) is 9.69 Å². The molecule has 7 heteroatoms. The average molecular weight is 377 g/mol. The van der Waals surface area contributed by atoms with E-state index in [-0.39, 0.29) is 42.4 Å². The van der Waals surface area contributed by atoms with Gasteiger partial charge < -0.3 is 15.2 Å². The minimum atomic E-state index is -0.437. The summed E-state index contributed by atoms with van der Waals surface area (Å²) in [6.07, 6.45) is 3.79. The van der Waals surface area contributed by atoms with Crippen LogP contribution in [0.15, 0.2) is 30.9 Å². The van der Waals surface area contributed by atoms with Crippen molar-refractivity contribution in [3.8, 4) is 11.5 Å². The van der Waals surface area contributed by atoms with E-state index in [2.05, 4.69) is 16.8 Å². The van der Waals surface area contributed by atoms with E-state index >= 15 is 0 Å². The van der Waals surface area contributed by atoms with Gasteiger partial charge in [-0.1, -0.05) is 12.1 Å². The molecule has 2 N–H and O–H groups in total. The van der Waals surface area contributed by atoms with Gasteiger partial charge in [0.2, 0.25) is 0 Å². The molecule has 1 heterocycles. The van der Waals surface area contributed by atoms with Gasteiger partial charge in [-0.2, -0.15) is 0 Å². The molecule has 0 saturated carbocycles. The van der Waals surface area contributed by atoms with E-state index in [1.54, 1.807) is 12.1 Å². The zero-order valence-electron chi connectivity index (χ0n) is 13.9. The number of piperazine rings is 1. The highest BCUT2D eigenvalue weighted by Gasteiger charge is 2.22. The van der Waals surface area contributed by atoms with Crippen LogP contribution in [0.2, 0.25) is 0 Å². The van der Waals surface area contributed by atoms with Crippen molar-refractivity contribution >= 4 is 30.8 Å². The Morgan fingerprint density at radius 3 is 2.62 bits per heavy atom. The van der Waals surface area contributed by atoms with Gasteiger partial charge in [0, 0.05) is 39.1 Å². The van der Waals surface area contributed by atoms with Crippen molar-refractivity contribution in [1.29, 1.82) is 0 Å². The van der Waals surface area contributed by atoms with Crippen LogP contribution in [-0.4, -0.2) is 42.2 Å². The van der Waals surface area contributed by atoms with Gasteiger partial charge in [0.05, 0.1) is 0 Å². The van der Waals surface area contributed by atoms with Crippen LogP contribution in [0.5, 0.6) is 11.5 Å². The molecule has 1 aliphatic rings. The predicted octanol–water partition coefficient (Wildman–Crippen LogP) is 3.07. The van der Waals surface area contributed by atoms with Crippen molar-refractivity contribution in [1.82, 2.24) is 10.2 Å². The van der Waals surface area contributed by atoms with Crippen LogP contribution >= 0.6 is 24.8 Å². The Kier molecular flexibility index (Phi) is 10.7. The van der Waals surface area contributed by atoms with E-state index in [0.717, 1.165) is 44.6 Å². The highest BCUT2D eigenvalue weighted by Crippen LogP contribution is 2.33. The lowest BCUT2D eigenvalue weighted by Gasteiger charge is -2.35. The quantitative estimate of drug-likeness (QED) is 0.453. The molecule has 0 aromatic heterocycles. The number of ether oxygens (including phenoxy) is 1. The number of aromatic hydroxyl groups is 1.